The predicted octanol–water partition coefficient (Wildman–Crippen LogP) is 0.478. The van der Waals surface area contributed by atoms with Gasteiger partial charge >= 0.3 is 5.97 Å². The Morgan fingerprint density at radius 2 is 2.00 bits per heavy atom. The molecule has 0 bridgehead atoms. The summed E-state index contributed by atoms with van der Waals surface area (Å²) in [5.41, 5.74) is 1.20. The summed E-state index contributed by atoms with van der Waals surface area (Å²) < 4.78 is 0. The van der Waals surface area contributed by atoms with Crippen LogP contribution in [0.3, 0.4) is 0 Å². The lowest BCUT2D eigenvalue weighted by atomic mass is 10.2. The van der Waals surface area contributed by atoms with Crippen molar-refractivity contribution in [2.75, 3.05) is 33.7 Å². The summed E-state index contributed by atoms with van der Waals surface area (Å²) in [7, 11) is 3.75. The number of aromatic nitrogens is 1. The second-order valence-electron chi connectivity index (χ2n) is 4.61. The van der Waals surface area contributed by atoms with Crippen molar-refractivity contribution in [1.82, 2.24) is 14.8 Å². The molecule has 0 radical (unpaired) electrons. The minimum absolute atomic E-state index is 0.283. The summed E-state index contributed by atoms with van der Waals surface area (Å²) in [4.78, 5) is 30.4. The first-order valence-corrected chi connectivity index (χ1v) is 5.98. The van der Waals surface area contributed by atoms with Crippen molar-refractivity contribution in [3.05, 3.63) is 29.6 Å². The SMILES string of the molecule is Cc1cc(C(=O)N(CCN(C)C)CC(=O)O)ccn1. The van der Waals surface area contributed by atoms with Gasteiger partial charge in [0, 0.05) is 30.5 Å². The smallest absolute Gasteiger partial charge is 0.323 e. The number of aryl methyl sites for hydroxylation is 1. The van der Waals surface area contributed by atoms with Gasteiger partial charge in [-0.05, 0) is 33.2 Å². The van der Waals surface area contributed by atoms with E-state index < -0.39 is 5.97 Å². The summed E-state index contributed by atoms with van der Waals surface area (Å²) in [5.74, 6) is -1.30. The first-order chi connectivity index (χ1) is 8.90. The van der Waals surface area contributed by atoms with Crippen molar-refractivity contribution in [3.8, 4) is 0 Å². The Bertz CT molecular complexity index is 460. The molecule has 0 saturated carbocycles. The first-order valence-electron chi connectivity index (χ1n) is 5.98. The van der Waals surface area contributed by atoms with Gasteiger partial charge in [0.25, 0.3) is 5.91 Å². The molecule has 0 unspecified atom stereocenters. The van der Waals surface area contributed by atoms with E-state index in [1.54, 1.807) is 25.3 Å². The number of carboxylic acids is 1. The summed E-state index contributed by atoms with van der Waals surface area (Å²) in [5, 5.41) is 8.88. The lowest BCUT2D eigenvalue weighted by Crippen LogP contribution is -2.40. The second kappa shape index (κ2) is 6.84. The number of rotatable bonds is 6. The Morgan fingerprint density at radius 3 is 2.53 bits per heavy atom. The highest BCUT2D eigenvalue weighted by molar-refractivity contribution is 5.95. The zero-order valence-electron chi connectivity index (χ0n) is 11.5. The molecule has 6 nitrogen and oxygen atoms in total. The second-order valence-corrected chi connectivity index (χ2v) is 4.61. The van der Waals surface area contributed by atoms with E-state index in [2.05, 4.69) is 4.98 Å². The van der Waals surface area contributed by atoms with E-state index in [0.29, 0.717) is 18.7 Å². The third-order valence-electron chi connectivity index (χ3n) is 2.57. The van der Waals surface area contributed by atoms with E-state index >= 15 is 0 Å². The molecule has 6 heteroatoms. The molecule has 104 valence electrons. The quantitative estimate of drug-likeness (QED) is 0.809. The van der Waals surface area contributed by atoms with Crippen LogP contribution in [-0.4, -0.2) is 65.5 Å². The third kappa shape index (κ3) is 5.05. The van der Waals surface area contributed by atoms with Gasteiger partial charge in [0.1, 0.15) is 6.54 Å². The molecule has 0 saturated heterocycles. The average Bonchev–Trinajstić information content (AvgIpc) is 2.33. The van der Waals surface area contributed by atoms with E-state index in [1.165, 1.54) is 4.90 Å². The summed E-state index contributed by atoms with van der Waals surface area (Å²) in [6.45, 7) is 2.48. The van der Waals surface area contributed by atoms with Crippen molar-refractivity contribution >= 4 is 11.9 Å². The molecule has 0 atom stereocenters. The van der Waals surface area contributed by atoms with Crippen molar-refractivity contribution in [1.29, 1.82) is 0 Å². The van der Waals surface area contributed by atoms with Gasteiger partial charge in [-0.2, -0.15) is 0 Å². The van der Waals surface area contributed by atoms with Crippen LogP contribution in [0, 0.1) is 6.92 Å². The van der Waals surface area contributed by atoms with Crippen LogP contribution in [0.25, 0.3) is 0 Å². The maximum Gasteiger partial charge on any atom is 0.323 e. The Hall–Kier alpha value is -1.95. The number of pyridine rings is 1. The van der Waals surface area contributed by atoms with Crippen LogP contribution in [0.15, 0.2) is 18.3 Å². The molecule has 1 heterocycles. The molecule has 0 spiro atoms. The third-order valence-corrected chi connectivity index (χ3v) is 2.57. The molecule has 19 heavy (non-hydrogen) atoms. The number of likely N-dealkylation sites (N-methyl/N-ethyl adjacent to an activating group) is 1. The zero-order chi connectivity index (χ0) is 14.4. The molecule has 1 rings (SSSR count). The molecule has 0 aliphatic rings. The maximum atomic E-state index is 12.3. The molecule has 1 amide bonds. The Kier molecular flexibility index (Phi) is 5.44. The zero-order valence-corrected chi connectivity index (χ0v) is 11.5. The highest BCUT2D eigenvalue weighted by atomic mass is 16.4. The number of amides is 1. The fourth-order valence-electron chi connectivity index (χ4n) is 1.60. The summed E-state index contributed by atoms with van der Waals surface area (Å²) in [6, 6.07) is 3.26. The topological polar surface area (TPSA) is 73.7 Å². The predicted molar refractivity (Wildman–Crippen MR) is 71.1 cm³/mol. The molecular formula is C13H19N3O3. The molecule has 0 aromatic carbocycles. The van der Waals surface area contributed by atoms with E-state index in [4.69, 9.17) is 5.11 Å². The average molecular weight is 265 g/mol. The van der Waals surface area contributed by atoms with E-state index in [-0.39, 0.29) is 12.5 Å². The van der Waals surface area contributed by atoms with Gasteiger partial charge in [0.15, 0.2) is 0 Å². The molecular weight excluding hydrogens is 246 g/mol. The van der Waals surface area contributed by atoms with Crippen LogP contribution in [0.1, 0.15) is 16.1 Å². The van der Waals surface area contributed by atoms with Crippen LogP contribution < -0.4 is 0 Å². The number of carbonyl (C=O) groups is 2. The van der Waals surface area contributed by atoms with Gasteiger partial charge in [-0.25, -0.2) is 0 Å². The number of carbonyl (C=O) groups excluding carboxylic acids is 1. The highest BCUT2D eigenvalue weighted by Gasteiger charge is 2.18. The molecule has 0 fully saturated rings. The van der Waals surface area contributed by atoms with Crippen molar-refractivity contribution in [2.24, 2.45) is 0 Å². The van der Waals surface area contributed by atoms with E-state index in [1.807, 2.05) is 19.0 Å². The fourth-order valence-corrected chi connectivity index (χ4v) is 1.60. The molecule has 0 aliphatic carbocycles. The van der Waals surface area contributed by atoms with E-state index in [0.717, 1.165) is 5.69 Å². The number of hydrogen-bond acceptors (Lipinski definition) is 4. The monoisotopic (exact) mass is 265 g/mol. The Morgan fingerprint density at radius 1 is 1.32 bits per heavy atom. The van der Waals surface area contributed by atoms with Crippen LogP contribution >= 0.6 is 0 Å². The molecule has 1 aromatic rings. The van der Waals surface area contributed by atoms with Crippen LogP contribution in [0.2, 0.25) is 0 Å². The minimum Gasteiger partial charge on any atom is -0.480 e. The van der Waals surface area contributed by atoms with Crippen LogP contribution in [0.4, 0.5) is 0 Å². The van der Waals surface area contributed by atoms with Gasteiger partial charge in [0.05, 0.1) is 0 Å². The number of aliphatic carboxylic acids is 1. The number of nitrogens with zero attached hydrogens (tertiary/aromatic N) is 3. The van der Waals surface area contributed by atoms with E-state index in [9.17, 15) is 9.59 Å². The standard InChI is InChI=1S/C13H19N3O3/c1-10-8-11(4-5-14-10)13(19)16(9-12(17)18)7-6-15(2)3/h4-5,8H,6-7,9H2,1-3H3,(H,17,18). The van der Waals surface area contributed by atoms with Gasteiger partial charge < -0.3 is 14.9 Å². The number of carboxylic acid groups (broad SMARTS) is 1. The largest absolute Gasteiger partial charge is 0.480 e. The van der Waals surface area contributed by atoms with Crippen molar-refractivity contribution < 1.29 is 14.7 Å². The minimum atomic E-state index is -1.02. The van der Waals surface area contributed by atoms with Crippen molar-refractivity contribution in [2.45, 2.75) is 6.92 Å². The lowest BCUT2D eigenvalue weighted by Gasteiger charge is -2.22. The van der Waals surface area contributed by atoms with Gasteiger partial charge in [-0.1, -0.05) is 0 Å². The molecule has 1 aromatic heterocycles. The molecule has 1 N–H and O–H groups in total. The fraction of sp³-hybridized carbons (Fsp3) is 0.462. The summed E-state index contributed by atoms with van der Waals surface area (Å²) in [6.07, 6.45) is 1.55. The number of hydrogen-bond donors (Lipinski definition) is 1. The van der Waals surface area contributed by atoms with Crippen LogP contribution in [-0.2, 0) is 4.79 Å². The summed E-state index contributed by atoms with van der Waals surface area (Å²) >= 11 is 0. The van der Waals surface area contributed by atoms with Crippen molar-refractivity contribution in [3.63, 3.8) is 0 Å². The maximum absolute atomic E-state index is 12.3. The lowest BCUT2D eigenvalue weighted by molar-refractivity contribution is -0.137. The van der Waals surface area contributed by atoms with Crippen LogP contribution in [0.5, 0.6) is 0 Å². The highest BCUT2D eigenvalue weighted by Crippen LogP contribution is 2.06. The van der Waals surface area contributed by atoms with Gasteiger partial charge in [0.2, 0.25) is 0 Å². The van der Waals surface area contributed by atoms with Gasteiger partial charge in [-0.15, -0.1) is 0 Å². The Balaban J connectivity index is 2.83. The first kappa shape index (κ1) is 15.1. The molecule has 0 aliphatic heterocycles. The normalized spacial score (nSPS) is 10.5. The Labute approximate surface area is 112 Å². The van der Waals surface area contributed by atoms with Gasteiger partial charge in [-0.3, -0.25) is 14.6 Å².